The number of hydrogen-bond acceptors (Lipinski definition) is 1. The summed E-state index contributed by atoms with van der Waals surface area (Å²) in [6, 6.07) is 0. The molecule has 15 heavy (non-hydrogen) atoms. The lowest BCUT2D eigenvalue weighted by molar-refractivity contribution is 0.152. The van der Waals surface area contributed by atoms with E-state index in [1.54, 1.807) is 0 Å². The molecule has 89 valence electrons. The van der Waals surface area contributed by atoms with E-state index < -0.39 is 0 Å². The van der Waals surface area contributed by atoms with E-state index >= 15 is 0 Å². The maximum Gasteiger partial charge on any atom is 0.0688 e. The maximum atomic E-state index is 9.69. The van der Waals surface area contributed by atoms with E-state index in [1.807, 2.05) is 0 Å². The molecule has 0 aromatic carbocycles. The molecule has 1 nitrogen and oxygen atoms in total. The number of rotatable bonds is 9. The lowest BCUT2D eigenvalue weighted by Crippen LogP contribution is -2.05. The predicted octanol–water partition coefficient (Wildman–Crippen LogP) is 3.95. The second-order valence-corrected chi connectivity index (χ2v) is 7.05. The standard InChI is InChI=1S/C13H27OSi/c1-4-5-6-7-10-13(14)11-8-9-12-15(2)3/h9,12-14H,4-8,10-11H2,1-3H3/b12-9-. The largest absolute Gasteiger partial charge is 0.393 e. The van der Waals surface area contributed by atoms with Gasteiger partial charge in [0.1, 0.15) is 0 Å². The summed E-state index contributed by atoms with van der Waals surface area (Å²) in [5.74, 6) is 0. The molecule has 0 saturated carbocycles. The lowest BCUT2D eigenvalue weighted by atomic mass is 10.1. The Morgan fingerprint density at radius 3 is 2.47 bits per heavy atom. The molecule has 2 heteroatoms. The first kappa shape index (κ1) is 14.9. The van der Waals surface area contributed by atoms with Crippen molar-refractivity contribution >= 4 is 8.80 Å². The van der Waals surface area contributed by atoms with Gasteiger partial charge >= 0.3 is 0 Å². The Kier molecular flexibility index (Phi) is 10.4. The van der Waals surface area contributed by atoms with Gasteiger partial charge in [-0.2, -0.15) is 0 Å². The smallest absolute Gasteiger partial charge is 0.0688 e. The highest BCUT2D eigenvalue weighted by Gasteiger charge is 2.01. The first-order chi connectivity index (χ1) is 7.16. The summed E-state index contributed by atoms with van der Waals surface area (Å²) in [5, 5.41) is 9.69. The quantitative estimate of drug-likeness (QED) is 0.467. The monoisotopic (exact) mass is 227 g/mol. The van der Waals surface area contributed by atoms with Crippen molar-refractivity contribution in [3.8, 4) is 0 Å². The number of hydrogen-bond donors (Lipinski definition) is 1. The minimum absolute atomic E-state index is 0.0732. The van der Waals surface area contributed by atoms with E-state index in [-0.39, 0.29) is 14.9 Å². The third kappa shape index (κ3) is 11.8. The molecule has 0 aromatic heterocycles. The third-order valence-corrected chi connectivity index (χ3v) is 3.41. The lowest BCUT2D eigenvalue weighted by Gasteiger charge is -2.08. The van der Waals surface area contributed by atoms with Crippen LogP contribution in [-0.2, 0) is 0 Å². The predicted molar refractivity (Wildman–Crippen MR) is 70.6 cm³/mol. The molecule has 0 aliphatic rings. The Morgan fingerprint density at radius 2 is 1.87 bits per heavy atom. The highest BCUT2D eigenvalue weighted by molar-refractivity contribution is 6.61. The fourth-order valence-corrected chi connectivity index (χ4v) is 2.20. The first-order valence-electron chi connectivity index (χ1n) is 6.31. The van der Waals surface area contributed by atoms with Crippen molar-refractivity contribution in [3.05, 3.63) is 11.8 Å². The summed E-state index contributed by atoms with van der Waals surface area (Å²) >= 11 is 0. The second-order valence-electron chi connectivity index (χ2n) is 4.56. The Labute approximate surface area is 97.2 Å². The molecule has 0 aromatic rings. The van der Waals surface area contributed by atoms with Gasteiger partial charge in [-0.15, -0.1) is 5.70 Å². The van der Waals surface area contributed by atoms with Crippen molar-refractivity contribution in [2.45, 2.75) is 71.1 Å². The summed E-state index contributed by atoms with van der Waals surface area (Å²) < 4.78 is 0. The average molecular weight is 227 g/mol. The number of aliphatic hydroxyl groups excluding tert-OH is 1. The van der Waals surface area contributed by atoms with Crippen LogP contribution in [0.4, 0.5) is 0 Å². The fourth-order valence-electron chi connectivity index (χ4n) is 1.56. The Morgan fingerprint density at radius 1 is 1.13 bits per heavy atom. The molecule has 1 N–H and O–H groups in total. The van der Waals surface area contributed by atoms with E-state index in [0.717, 1.165) is 19.3 Å². The van der Waals surface area contributed by atoms with Crippen LogP contribution in [0.2, 0.25) is 13.1 Å². The molecule has 0 fully saturated rings. The summed E-state index contributed by atoms with van der Waals surface area (Å²) in [7, 11) is -0.218. The van der Waals surface area contributed by atoms with Gasteiger partial charge in [-0.05, 0) is 19.3 Å². The minimum atomic E-state index is -0.218. The van der Waals surface area contributed by atoms with Crippen LogP contribution in [0.5, 0.6) is 0 Å². The summed E-state index contributed by atoms with van der Waals surface area (Å²) in [4.78, 5) is 0. The van der Waals surface area contributed by atoms with Gasteiger partial charge in [0, 0.05) is 0 Å². The van der Waals surface area contributed by atoms with Crippen LogP contribution in [0.25, 0.3) is 0 Å². The molecular formula is C13H27OSi. The van der Waals surface area contributed by atoms with Crippen molar-refractivity contribution in [2.24, 2.45) is 0 Å². The molecule has 0 heterocycles. The molecule has 0 amide bonds. The van der Waals surface area contributed by atoms with Crippen LogP contribution in [-0.4, -0.2) is 20.0 Å². The molecule has 0 spiro atoms. The van der Waals surface area contributed by atoms with Crippen molar-refractivity contribution in [2.75, 3.05) is 0 Å². The van der Waals surface area contributed by atoms with Gasteiger partial charge in [-0.3, -0.25) is 0 Å². The molecule has 1 unspecified atom stereocenters. The van der Waals surface area contributed by atoms with Crippen molar-refractivity contribution < 1.29 is 5.11 Å². The van der Waals surface area contributed by atoms with E-state index in [1.165, 1.54) is 25.7 Å². The van der Waals surface area contributed by atoms with E-state index in [2.05, 4.69) is 31.8 Å². The Balaban J connectivity index is 3.29. The number of allylic oxidation sites excluding steroid dienone is 1. The zero-order valence-electron chi connectivity index (χ0n) is 10.6. The van der Waals surface area contributed by atoms with Crippen LogP contribution >= 0.6 is 0 Å². The average Bonchev–Trinajstić information content (AvgIpc) is 2.19. The summed E-state index contributed by atoms with van der Waals surface area (Å²) in [6.07, 6.45) is 10.2. The van der Waals surface area contributed by atoms with Crippen molar-refractivity contribution in [1.82, 2.24) is 0 Å². The molecule has 0 saturated heterocycles. The molecule has 0 rings (SSSR count). The Hall–Kier alpha value is -0.0831. The van der Waals surface area contributed by atoms with Gasteiger partial charge in [0.25, 0.3) is 0 Å². The topological polar surface area (TPSA) is 20.2 Å². The first-order valence-corrected chi connectivity index (χ1v) is 8.89. The molecule has 0 aliphatic carbocycles. The van der Waals surface area contributed by atoms with E-state index in [4.69, 9.17) is 0 Å². The second kappa shape index (κ2) is 10.4. The fraction of sp³-hybridized carbons (Fsp3) is 0.846. The van der Waals surface area contributed by atoms with Gasteiger partial charge in [-0.25, -0.2) is 0 Å². The maximum absolute atomic E-state index is 9.69. The van der Waals surface area contributed by atoms with Crippen LogP contribution < -0.4 is 0 Å². The molecule has 1 atom stereocenters. The minimum Gasteiger partial charge on any atom is -0.393 e. The van der Waals surface area contributed by atoms with Gasteiger partial charge in [-0.1, -0.05) is 51.8 Å². The zero-order valence-corrected chi connectivity index (χ0v) is 11.6. The number of aliphatic hydroxyl groups is 1. The van der Waals surface area contributed by atoms with Crippen LogP contribution in [0.15, 0.2) is 11.8 Å². The van der Waals surface area contributed by atoms with Gasteiger partial charge in [0.2, 0.25) is 0 Å². The molecule has 0 aliphatic heterocycles. The highest BCUT2D eigenvalue weighted by atomic mass is 28.3. The van der Waals surface area contributed by atoms with E-state index in [0.29, 0.717) is 0 Å². The SMILES string of the molecule is CCCCCCC(O)CC/C=C\[Si](C)C. The van der Waals surface area contributed by atoms with Gasteiger partial charge in [0.05, 0.1) is 14.9 Å². The molecule has 1 radical (unpaired) electrons. The normalized spacial score (nSPS) is 13.9. The third-order valence-electron chi connectivity index (χ3n) is 2.51. The van der Waals surface area contributed by atoms with Crippen LogP contribution in [0, 0.1) is 0 Å². The summed E-state index contributed by atoms with van der Waals surface area (Å²) in [5.41, 5.74) is 2.31. The van der Waals surface area contributed by atoms with Crippen LogP contribution in [0.1, 0.15) is 51.9 Å². The van der Waals surface area contributed by atoms with Crippen molar-refractivity contribution in [3.63, 3.8) is 0 Å². The zero-order chi connectivity index (χ0) is 11.5. The van der Waals surface area contributed by atoms with Gasteiger partial charge in [0.15, 0.2) is 0 Å². The summed E-state index contributed by atoms with van der Waals surface area (Å²) in [6.45, 7) is 6.78. The van der Waals surface area contributed by atoms with Crippen LogP contribution in [0.3, 0.4) is 0 Å². The van der Waals surface area contributed by atoms with Gasteiger partial charge < -0.3 is 5.11 Å². The van der Waals surface area contributed by atoms with E-state index in [9.17, 15) is 5.11 Å². The Bertz CT molecular complexity index is 155. The molecule has 0 bridgehead atoms. The van der Waals surface area contributed by atoms with Crippen molar-refractivity contribution in [1.29, 1.82) is 0 Å². The molecular weight excluding hydrogens is 200 g/mol. The highest BCUT2D eigenvalue weighted by Crippen LogP contribution is 2.09. The number of unbranched alkanes of at least 4 members (excludes halogenated alkanes) is 3.